The molecule has 0 fully saturated rings. The number of hydrogen-bond donors (Lipinski definition) is 2. The Hall–Kier alpha value is -1.55. The first-order chi connectivity index (χ1) is 7.08. The highest BCUT2D eigenvalue weighted by atomic mass is 32.1. The molecule has 0 bridgehead atoms. The van der Waals surface area contributed by atoms with E-state index in [9.17, 15) is 5.11 Å². The summed E-state index contributed by atoms with van der Waals surface area (Å²) in [4.78, 5) is 4.25. The molecular formula is C11H12N2OS. The van der Waals surface area contributed by atoms with Crippen LogP contribution in [0.3, 0.4) is 0 Å². The number of aromatic nitrogens is 1. The molecular weight excluding hydrogens is 208 g/mol. The smallest absolute Gasteiger partial charge is 0.180 e. The lowest BCUT2D eigenvalue weighted by atomic mass is 10.0. The fourth-order valence-electron chi connectivity index (χ4n) is 1.75. The molecule has 0 atom stereocenters. The Labute approximate surface area is 92.2 Å². The molecule has 0 saturated heterocycles. The number of nitrogens with zero attached hydrogens (tertiary/aromatic N) is 1. The molecule has 3 nitrogen and oxygen atoms in total. The first-order valence-corrected chi connectivity index (χ1v) is 5.47. The van der Waals surface area contributed by atoms with Crippen LogP contribution in [0.25, 0.3) is 11.3 Å². The van der Waals surface area contributed by atoms with Gasteiger partial charge in [-0.15, -0.1) is 11.3 Å². The molecule has 0 aliphatic rings. The lowest BCUT2D eigenvalue weighted by molar-refractivity contribution is 0.474. The van der Waals surface area contributed by atoms with Crippen molar-refractivity contribution in [3.8, 4) is 17.0 Å². The van der Waals surface area contributed by atoms with Crippen molar-refractivity contribution in [1.29, 1.82) is 0 Å². The van der Waals surface area contributed by atoms with Crippen molar-refractivity contribution in [2.75, 3.05) is 5.73 Å². The Morgan fingerprint density at radius 2 is 1.87 bits per heavy atom. The Kier molecular flexibility index (Phi) is 2.36. The first kappa shape index (κ1) is 9.98. The molecule has 4 heteroatoms. The minimum Gasteiger partial charge on any atom is -0.508 e. The van der Waals surface area contributed by atoms with Gasteiger partial charge in [-0.3, -0.25) is 0 Å². The number of phenolic OH excluding ortho intramolecular Hbond substituents is 1. The molecule has 0 saturated carbocycles. The number of benzene rings is 1. The normalized spacial score (nSPS) is 10.5. The van der Waals surface area contributed by atoms with E-state index < -0.39 is 0 Å². The quantitative estimate of drug-likeness (QED) is 0.776. The molecule has 1 aromatic heterocycles. The van der Waals surface area contributed by atoms with E-state index in [0.717, 1.165) is 22.4 Å². The third-order valence-electron chi connectivity index (χ3n) is 2.30. The van der Waals surface area contributed by atoms with Crippen LogP contribution in [-0.4, -0.2) is 10.1 Å². The van der Waals surface area contributed by atoms with Crippen molar-refractivity contribution in [3.63, 3.8) is 0 Å². The van der Waals surface area contributed by atoms with Gasteiger partial charge in [-0.1, -0.05) is 0 Å². The van der Waals surface area contributed by atoms with Crippen molar-refractivity contribution < 1.29 is 5.11 Å². The minimum atomic E-state index is 0.289. The molecule has 15 heavy (non-hydrogen) atoms. The highest BCUT2D eigenvalue weighted by Gasteiger charge is 2.10. The van der Waals surface area contributed by atoms with Gasteiger partial charge in [-0.25, -0.2) is 4.98 Å². The lowest BCUT2D eigenvalue weighted by Gasteiger charge is -2.07. The highest BCUT2D eigenvalue weighted by Crippen LogP contribution is 2.31. The number of nitrogens with two attached hydrogens (primary N) is 1. The second kappa shape index (κ2) is 3.55. The summed E-state index contributed by atoms with van der Waals surface area (Å²) >= 11 is 1.43. The fraction of sp³-hybridized carbons (Fsp3) is 0.182. The molecule has 1 aromatic carbocycles. The van der Waals surface area contributed by atoms with Crippen LogP contribution in [0.2, 0.25) is 0 Å². The summed E-state index contributed by atoms with van der Waals surface area (Å²) in [6.07, 6.45) is 0. The largest absolute Gasteiger partial charge is 0.508 e. The zero-order chi connectivity index (χ0) is 11.0. The van der Waals surface area contributed by atoms with Crippen LogP contribution in [0.4, 0.5) is 5.13 Å². The number of anilines is 1. The molecule has 0 amide bonds. The van der Waals surface area contributed by atoms with Gasteiger partial charge in [0.25, 0.3) is 0 Å². The highest BCUT2D eigenvalue weighted by molar-refractivity contribution is 7.13. The van der Waals surface area contributed by atoms with Crippen molar-refractivity contribution in [1.82, 2.24) is 4.98 Å². The van der Waals surface area contributed by atoms with E-state index in [2.05, 4.69) is 4.98 Å². The summed E-state index contributed by atoms with van der Waals surface area (Å²) in [5.41, 5.74) is 9.57. The first-order valence-electron chi connectivity index (χ1n) is 4.59. The standard InChI is InChI=1S/C11H12N2OS/c1-6-3-8(14)4-7(2)10(6)9-5-15-11(12)13-9/h3-5,14H,1-2H3,(H2,12,13). The van der Waals surface area contributed by atoms with Crippen molar-refractivity contribution in [2.45, 2.75) is 13.8 Å². The maximum absolute atomic E-state index is 9.43. The molecule has 0 radical (unpaired) electrons. The molecule has 2 rings (SSSR count). The van der Waals surface area contributed by atoms with E-state index >= 15 is 0 Å². The third-order valence-corrected chi connectivity index (χ3v) is 2.97. The summed E-state index contributed by atoms with van der Waals surface area (Å²) in [7, 11) is 0. The number of phenols is 1. The topological polar surface area (TPSA) is 59.1 Å². The van der Waals surface area contributed by atoms with Gasteiger partial charge in [0, 0.05) is 10.9 Å². The fourth-order valence-corrected chi connectivity index (χ4v) is 2.30. The summed E-state index contributed by atoms with van der Waals surface area (Å²) in [5.74, 6) is 0.289. The molecule has 0 unspecified atom stereocenters. The Morgan fingerprint density at radius 1 is 1.27 bits per heavy atom. The number of nitrogen functional groups attached to an aromatic ring is 1. The van der Waals surface area contributed by atoms with Crippen molar-refractivity contribution >= 4 is 16.5 Å². The van der Waals surface area contributed by atoms with Gasteiger partial charge in [0.05, 0.1) is 5.69 Å². The predicted octanol–water partition coefficient (Wildman–Crippen LogP) is 2.71. The molecule has 0 spiro atoms. The van der Waals surface area contributed by atoms with E-state index in [1.165, 1.54) is 11.3 Å². The molecule has 1 heterocycles. The van der Waals surface area contributed by atoms with E-state index in [0.29, 0.717) is 5.13 Å². The Balaban J connectivity index is 2.62. The minimum absolute atomic E-state index is 0.289. The van der Waals surface area contributed by atoms with Crippen LogP contribution in [0, 0.1) is 13.8 Å². The van der Waals surface area contributed by atoms with E-state index in [4.69, 9.17) is 5.73 Å². The summed E-state index contributed by atoms with van der Waals surface area (Å²) in [5, 5.41) is 11.9. The summed E-state index contributed by atoms with van der Waals surface area (Å²) < 4.78 is 0. The molecule has 78 valence electrons. The number of hydrogen-bond acceptors (Lipinski definition) is 4. The maximum atomic E-state index is 9.43. The van der Waals surface area contributed by atoms with Gasteiger partial charge in [0.15, 0.2) is 5.13 Å². The number of rotatable bonds is 1. The zero-order valence-electron chi connectivity index (χ0n) is 8.61. The van der Waals surface area contributed by atoms with Crippen molar-refractivity contribution in [3.05, 3.63) is 28.6 Å². The van der Waals surface area contributed by atoms with Crippen LogP contribution >= 0.6 is 11.3 Å². The van der Waals surface area contributed by atoms with Gasteiger partial charge >= 0.3 is 0 Å². The van der Waals surface area contributed by atoms with Gasteiger partial charge in [0.1, 0.15) is 5.75 Å². The monoisotopic (exact) mass is 220 g/mol. The van der Waals surface area contributed by atoms with Crippen LogP contribution in [0.5, 0.6) is 5.75 Å². The number of aromatic hydroxyl groups is 1. The van der Waals surface area contributed by atoms with Crippen molar-refractivity contribution in [2.24, 2.45) is 0 Å². The lowest BCUT2D eigenvalue weighted by Crippen LogP contribution is -1.89. The Morgan fingerprint density at radius 3 is 2.33 bits per heavy atom. The van der Waals surface area contributed by atoms with Crippen LogP contribution in [0.15, 0.2) is 17.5 Å². The Bertz CT molecular complexity index is 482. The third kappa shape index (κ3) is 1.80. The average molecular weight is 220 g/mol. The molecule has 0 aliphatic heterocycles. The van der Waals surface area contributed by atoms with Gasteiger partial charge < -0.3 is 10.8 Å². The average Bonchev–Trinajstić information content (AvgIpc) is 2.49. The van der Waals surface area contributed by atoms with Crippen LogP contribution < -0.4 is 5.73 Å². The second-order valence-electron chi connectivity index (χ2n) is 3.53. The SMILES string of the molecule is Cc1cc(O)cc(C)c1-c1csc(N)n1. The van der Waals surface area contributed by atoms with Gasteiger partial charge in [0.2, 0.25) is 0 Å². The summed E-state index contributed by atoms with van der Waals surface area (Å²) in [6.45, 7) is 3.91. The second-order valence-corrected chi connectivity index (χ2v) is 4.42. The van der Waals surface area contributed by atoms with E-state index in [1.807, 2.05) is 19.2 Å². The van der Waals surface area contributed by atoms with Crippen LogP contribution in [-0.2, 0) is 0 Å². The van der Waals surface area contributed by atoms with Gasteiger partial charge in [-0.2, -0.15) is 0 Å². The molecule has 3 N–H and O–H groups in total. The van der Waals surface area contributed by atoms with Crippen LogP contribution in [0.1, 0.15) is 11.1 Å². The maximum Gasteiger partial charge on any atom is 0.180 e. The molecule has 2 aromatic rings. The number of thiazole rings is 1. The summed E-state index contributed by atoms with van der Waals surface area (Å²) in [6, 6.07) is 3.47. The van der Waals surface area contributed by atoms with Gasteiger partial charge in [-0.05, 0) is 37.1 Å². The van der Waals surface area contributed by atoms with E-state index in [1.54, 1.807) is 12.1 Å². The predicted molar refractivity (Wildman–Crippen MR) is 63.1 cm³/mol. The molecule has 0 aliphatic carbocycles. The number of aryl methyl sites for hydroxylation is 2. The van der Waals surface area contributed by atoms with E-state index in [-0.39, 0.29) is 5.75 Å². The zero-order valence-corrected chi connectivity index (χ0v) is 9.43.